The van der Waals surface area contributed by atoms with E-state index >= 15 is 0 Å². The lowest BCUT2D eigenvalue weighted by Gasteiger charge is -2.42. The monoisotopic (exact) mass is 738 g/mol. The number of ether oxygens (including phenoxy) is 1. The number of hydrogen-bond donors (Lipinski definition) is 1. The molecule has 1 fully saturated rings. The molecule has 2 heterocycles. The summed E-state index contributed by atoms with van der Waals surface area (Å²) in [6.45, 7) is 1.63. The van der Waals surface area contributed by atoms with Crippen molar-refractivity contribution in [2.24, 2.45) is 17.8 Å². The number of imide groups is 1. The van der Waals surface area contributed by atoms with E-state index in [4.69, 9.17) is 9.15 Å². The standard InChI is InChI=1S/C37H27IN2O7/c1-17-13-27(41)24-16-23-21(30(32(24)33(17)42)19-14-25(38)34(43)29(15-19)46-2)11-12-22-31(23)37(45)40(36(22)44)20-9-7-18(8-10-20)35-39-26-5-3-4-6-28(26)47-35/h3-11,13-15,22-23,30-31,43H,12,16H2,1-2H3/t22-,23+,30-,31-/m0/s1. The van der Waals surface area contributed by atoms with Gasteiger partial charge in [0.15, 0.2) is 28.6 Å². The van der Waals surface area contributed by atoms with Crippen molar-refractivity contribution >= 4 is 62.8 Å². The molecule has 0 radical (unpaired) electrons. The number of halogens is 1. The fraction of sp³-hybridized carbons (Fsp3) is 0.216. The number of ketones is 2. The van der Waals surface area contributed by atoms with Gasteiger partial charge in [-0.25, -0.2) is 4.98 Å². The molecule has 0 unspecified atom stereocenters. The van der Waals surface area contributed by atoms with E-state index in [2.05, 4.69) is 4.98 Å². The van der Waals surface area contributed by atoms with Crippen LogP contribution in [-0.4, -0.2) is 40.6 Å². The number of anilines is 1. The number of methoxy groups -OCH3 is 1. The summed E-state index contributed by atoms with van der Waals surface area (Å²) in [5.74, 6) is -2.85. The maximum absolute atomic E-state index is 14.3. The van der Waals surface area contributed by atoms with Gasteiger partial charge in [-0.05, 0) is 108 Å². The first-order valence-corrected chi connectivity index (χ1v) is 16.3. The first-order chi connectivity index (χ1) is 22.7. The van der Waals surface area contributed by atoms with Crippen LogP contribution in [0.15, 0.2) is 99.5 Å². The molecular formula is C37H27IN2O7. The van der Waals surface area contributed by atoms with Crippen LogP contribution in [0.4, 0.5) is 5.69 Å². The fourth-order valence-electron chi connectivity index (χ4n) is 7.66. The van der Waals surface area contributed by atoms with Crippen LogP contribution in [0.1, 0.15) is 31.2 Å². The van der Waals surface area contributed by atoms with E-state index in [1.807, 2.05) is 52.9 Å². The third kappa shape index (κ3) is 4.45. The Labute approximate surface area is 282 Å². The summed E-state index contributed by atoms with van der Waals surface area (Å²) in [5.41, 5.74) is 5.18. The molecule has 0 saturated carbocycles. The second-order valence-electron chi connectivity index (χ2n) is 12.3. The number of phenols is 1. The molecule has 1 N–H and O–H groups in total. The number of benzene rings is 3. The van der Waals surface area contributed by atoms with Gasteiger partial charge < -0.3 is 14.3 Å². The molecule has 3 aromatic carbocycles. The zero-order valence-electron chi connectivity index (χ0n) is 25.3. The van der Waals surface area contributed by atoms with Gasteiger partial charge >= 0.3 is 0 Å². The van der Waals surface area contributed by atoms with Gasteiger partial charge in [-0.3, -0.25) is 24.1 Å². The Kier molecular flexibility index (Phi) is 6.83. The summed E-state index contributed by atoms with van der Waals surface area (Å²) >= 11 is 2.01. The van der Waals surface area contributed by atoms with Gasteiger partial charge in [-0.15, -0.1) is 0 Å². The number of phenolic OH excluding ortho intramolecular Hbond substituents is 1. The number of carbonyl (C=O) groups is 4. The van der Waals surface area contributed by atoms with Gasteiger partial charge in [0.2, 0.25) is 17.7 Å². The summed E-state index contributed by atoms with van der Waals surface area (Å²) in [6, 6.07) is 17.9. The number of amides is 2. The maximum atomic E-state index is 14.3. The summed E-state index contributed by atoms with van der Waals surface area (Å²) in [6.07, 6.45) is 3.84. The Morgan fingerprint density at radius 2 is 1.77 bits per heavy atom. The average Bonchev–Trinajstić information content (AvgIpc) is 3.62. The molecule has 234 valence electrons. The Hall–Kier alpha value is -4.84. The summed E-state index contributed by atoms with van der Waals surface area (Å²) in [7, 11) is 1.45. The van der Waals surface area contributed by atoms with E-state index in [0.717, 1.165) is 11.1 Å². The number of aromatic hydroxyl groups is 1. The molecule has 8 rings (SSSR count). The van der Waals surface area contributed by atoms with Gasteiger partial charge in [0.05, 0.1) is 28.2 Å². The van der Waals surface area contributed by atoms with E-state index in [0.29, 0.717) is 55.0 Å². The predicted octanol–water partition coefficient (Wildman–Crippen LogP) is 6.45. The predicted molar refractivity (Wildman–Crippen MR) is 181 cm³/mol. The lowest BCUT2D eigenvalue weighted by Crippen LogP contribution is -2.39. The second-order valence-corrected chi connectivity index (χ2v) is 13.5. The number of para-hydroxylation sites is 2. The Morgan fingerprint density at radius 1 is 1.00 bits per heavy atom. The van der Waals surface area contributed by atoms with Gasteiger partial charge in [-0.2, -0.15) is 0 Å². The molecule has 4 aliphatic rings. The zero-order valence-corrected chi connectivity index (χ0v) is 27.5. The van der Waals surface area contributed by atoms with Gasteiger partial charge in [0.1, 0.15) is 5.52 Å². The van der Waals surface area contributed by atoms with Crippen LogP contribution >= 0.6 is 22.6 Å². The Balaban J connectivity index is 1.18. The van der Waals surface area contributed by atoms with Crippen molar-refractivity contribution in [3.8, 4) is 23.0 Å². The lowest BCUT2D eigenvalue weighted by molar-refractivity contribution is -0.123. The van der Waals surface area contributed by atoms with Crippen LogP contribution in [0.25, 0.3) is 22.6 Å². The van der Waals surface area contributed by atoms with Crippen molar-refractivity contribution in [1.29, 1.82) is 0 Å². The lowest BCUT2D eigenvalue weighted by atomic mass is 9.59. The highest BCUT2D eigenvalue weighted by molar-refractivity contribution is 14.1. The molecule has 3 aliphatic carbocycles. The van der Waals surface area contributed by atoms with Crippen molar-refractivity contribution in [3.63, 3.8) is 0 Å². The fourth-order valence-corrected chi connectivity index (χ4v) is 8.29. The zero-order chi connectivity index (χ0) is 32.7. The van der Waals surface area contributed by atoms with Crippen LogP contribution in [0.5, 0.6) is 11.5 Å². The Morgan fingerprint density at radius 3 is 2.51 bits per heavy atom. The summed E-state index contributed by atoms with van der Waals surface area (Å²) < 4.78 is 11.9. The van der Waals surface area contributed by atoms with Crippen molar-refractivity contribution < 1.29 is 33.4 Å². The van der Waals surface area contributed by atoms with E-state index in [-0.39, 0.29) is 41.3 Å². The maximum Gasteiger partial charge on any atom is 0.238 e. The first-order valence-electron chi connectivity index (χ1n) is 15.3. The quantitative estimate of drug-likeness (QED) is 0.110. The topological polar surface area (TPSA) is 127 Å². The van der Waals surface area contributed by atoms with Gasteiger partial charge in [0, 0.05) is 28.2 Å². The highest BCUT2D eigenvalue weighted by Gasteiger charge is 2.56. The average molecular weight is 739 g/mol. The molecule has 47 heavy (non-hydrogen) atoms. The van der Waals surface area contributed by atoms with Crippen LogP contribution in [0.3, 0.4) is 0 Å². The minimum Gasteiger partial charge on any atom is -0.504 e. The first kappa shape index (κ1) is 29.6. The van der Waals surface area contributed by atoms with E-state index in [1.165, 1.54) is 18.1 Å². The Bertz CT molecular complexity index is 2140. The smallest absolute Gasteiger partial charge is 0.238 e. The summed E-state index contributed by atoms with van der Waals surface area (Å²) in [5, 5.41) is 10.6. The number of fused-ring (bicyclic) bond motifs is 4. The molecule has 1 saturated heterocycles. The van der Waals surface area contributed by atoms with E-state index < -0.39 is 23.7 Å². The molecule has 10 heteroatoms. The molecule has 1 aromatic heterocycles. The summed E-state index contributed by atoms with van der Waals surface area (Å²) in [4.78, 5) is 61.2. The normalized spacial score (nSPS) is 23.9. The third-order valence-corrected chi connectivity index (χ3v) is 10.7. The second kappa shape index (κ2) is 10.9. The molecule has 4 aromatic rings. The third-order valence-electron chi connectivity index (χ3n) is 9.84. The van der Waals surface area contributed by atoms with Crippen LogP contribution in [-0.2, 0) is 19.2 Å². The van der Waals surface area contributed by atoms with Crippen LogP contribution < -0.4 is 9.64 Å². The number of aromatic nitrogens is 1. The number of carbonyl (C=O) groups excluding carboxylic acids is 4. The number of nitrogens with zero attached hydrogens (tertiary/aromatic N) is 2. The SMILES string of the molecule is COc1cc([C@H]2C3=CC[C@@H]4C(=O)N(c5ccc(-c6nc7ccccc7o6)cc5)C(=O)[C@@H]4[C@@H]3CC3=C2C(=O)C(C)=CC3=O)cc(I)c1O. The van der Waals surface area contributed by atoms with Crippen molar-refractivity contribution in [1.82, 2.24) is 4.98 Å². The van der Waals surface area contributed by atoms with Gasteiger partial charge in [0.25, 0.3) is 0 Å². The van der Waals surface area contributed by atoms with Crippen molar-refractivity contribution in [2.45, 2.75) is 25.7 Å². The van der Waals surface area contributed by atoms with Crippen molar-refractivity contribution in [3.05, 3.63) is 104 Å². The number of rotatable bonds is 4. The van der Waals surface area contributed by atoms with Crippen molar-refractivity contribution in [2.75, 3.05) is 12.0 Å². The molecule has 0 spiro atoms. The minimum atomic E-state index is -0.705. The van der Waals surface area contributed by atoms with Gasteiger partial charge in [-0.1, -0.05) is 23.8 Å². The number of hydrogen-bond acceptors (Lipinski definition) is 8. The van der Waals surface area contributed by atoms with Crippen LogP contribution in [0, 0.1) is 21.3 Å². The highest BCUT2D eigenvalue weighted by Crippen LogP contribution is 2.56. The highest BCUT2D eigenvalue weighted by atomic mass is 127. The minimum absolute atomic E-state index is 0.0208. The molecule has 0 bridgehead atoms. The molecule has 2 amide bonds. The van der Waals surface area contributed by atoms with E-state index in [9.17, 15) is 24.3 Å². The number of allylic oxidation sites excluding steroid dienone is 6. The molecular weight excluding hydrogens is 711 g/mol. The molecule has 1 aliphatic heterocycles. The van der Waals surface area contributed by atoms with Crippen LogP contribution in [0.2, 0.25) is 0 Å². The van der Waals surface area contributed by atoms with E-state index in [1.54, 1.807) is 43.3 Å². The number of Topliss-reactive ketones (excluding diaryl/α,β-unsaturated/α-hetero) is 1. The number of oxazole rings is 1. The molecule has 4 atom stereocenters. The molecule has 9 nitrogen and oxygen atoms in total. The largest absolute Gasteiger partial charge is 0.504 e.